The summed E-state index contributed by atoms with van der Waals surface area (Å²) in [6.07, 6.45) is 3.62. The Hall–Kier alpha value is -1.75. The Bertz CT molecular complexity index is 456. The summed E-state index contributed by atoms with van der Waals surface area (Å²) >= 11 is 0. The number of benzene rings is 1. The van der Waals surface area contributed by atoms with Crippen LogP contribution in [0.4, 0.5) is 5.69 Å². The number of carbonyl (C=O) groups is 1. The fourth-order valence-corrected chi connectivity index (χ4v) is 2.42. The average molecular weight is 278 g/mol. The number of nitrogens with one attached hydrogen (secondary N) is 1. The van der Waals surface area contributed by atoms with Crippen molar-refractivity contribution in [2.24, 2.45) is 0 Å². The molecule has 1 aromatic rings. The van der Waals surface area contributed by atoms with Gasteiger partial charge in [-0.3, -0.25) is 9.69 Å². The zero-order valence-electron chi connectivity index (χ0n) is 12.1. The Labute approximate surface area is 119 Å². The molecule has 0 saturated carbocycles. The predicted octanol–water partition coefficient (Wildman–Crippen LogP) is 2.13. The first-order chi connectivity index (χ1) is 9.72. The Balaban J connectivity index is 1.98. The maximum atomic E-state index is 12.1. The number of rotatable bonds is 5. The second kappa shape index (κ2) is 7.14. The molecule has 0 aromatic heterocycles. The van der Waals surface area contributed by atoms with E-state index in [4.69, 9.17) is 9.47 Å². The van der Waals surface area contributed by atoms with E-state index in [9.17, 15) is 4.79 Å². The van der Waals surface area contributed by atoms with E-state index in [0.717, 1.165) is 13.1 Å². The lowest BCUT2D eigenvalue weighted by Gasteiger charge is -2.25. The van der Waals surface area contributed by atoms with Gasteiger partial charge in [-0.2, -0.15) is 0 Å². The first-order valence-electron chi connectivity index (χ1n) is 6.97. The summed E-state index contributed by atoms with van der Waals surface area (Å²) in [5.74, 6) is 1.32. The highest BCUT2D eigenvalue weighted by Crippen LogP contribution is 2.28. The third kappa shape index (κ3) is 3.87. The molecule has 1 amide bonds. The molecule has 1 saturated heterocycles. The molecule has 2 rings (SSSR count). The van der Waals surface area contributed by atoms with E-state index >= 15 is 0 Å². The molecule has 1 heterocycles. The van der Waals surface area contributed by atoms with Crippen LogP contribution in [0.2, 0.25) is 0 Å². The minimum Gasteiger partial charge on any atom is -0.497 e. The number of amides is 1. The quantitative estimate of drug-likeness (QED) is 0.896. The summed E-state index contributed by atoms with van der Waals surface area (Å²) in [7, 11) is 3.18. The number of piperidine rings is 1. The summed E-state index contributed by atoms with van der Waals surface area (Å²) in [5, 5.41) is 2.90. The molecule has 1 aliphatic heterocycles. The van der Waals surface area contributed by atoms with Crippen molar-refractivity contribution in [1.82, 2.24) is 4.90 Å². The second-order valence-corrected chi connectivity index (χ2v) is 4.95. The van der Waals surface area contributed by atoms with Gasteiger partial charge in [0.05, 0.1) is 26.5 Å². The van der Waals surface area contributed by atoms with Gasteiger partial charge in [0, 0.05) is 6.07 Å². The van der Waals surface area contributed by atoms with Crippen LogP contribution in [0.25, 0.3) is 0 Å². The third-order valence-electron chi connectivity index (χ3n) is 3.50. The molecule has 1 N–H and O–H groups in total. The highest BCUT2D eigenvalue weighted by molar-refractivity contribution is 5.94. The van der Waals surface area contributed by atoms with Crippen molar-refractivity contribution in [3.05, 3.63) is 18.2 Å². The Morgan fingerprint density at radius 3 is 2.60 bits per heavy atom. The number of hydrogen-bond donors (Lipinski definition) is 1. The van der Waals surface area contributed by atoms with Crippen LogP contribution in [0.3, 0.4) is 0 Å². The van der Waals surface area contributed by atoms with Gasteiger partial charge in [-0.15, -0.1) is 0 Å². The maximum Gasteiger partial charge on any atom is 0.238 e. The summed E-state index contributed by atoms with van der Waals surface area (Å²) < 4.78 is 10.4. The summed E-state index contributed by atoms with van der Waals surface area (Å²) in [4.78, 5) is 14.3. The second-order valence-electron chi connectivity index (χ2n) is 4.95. The van der Waals surface area contributed by atoms with Gasteiger partial charge < -0.3 is 14.8 Å². The van der Waals surface area contributed by atoms with Crippen LogP contribution in [-0.4, -0.2) is 44.7 Å². The van der Waals surface area contributed by atoms with Crippen molar-refractivity contribution in [3.63, 3.8) is 0 Å². The lowest BCUT2D eigenvalue weighted by atomic mass is 10.1. The predicted molar refractivity (Wildman–Crippen MR) is 78.5 cm³/mol. The van der Waals surface area contributed by atoms with E-state index in [1.54, 1.807) is 32.4 Å². The molecule has 0 bridgehead atoms. The minimum absolute atomic E-state index is 0.0153. The molecule has 0 atom stereocenters. The first-order valence-corrected chi connectivity index (χ1v) is 6.97. The molecule has 0 unspecified atom stereocenters. The van der Waals surface area contributed by atoms with E-state index in [-0.39, 0.29) is 5.91 Å². The van der Waals surface area contributed by atoms with Gasteiger partial charge >= 0.3 is 0 Å². The van der Waals surface area contributed by atoms with Gasteiger partial charge in [0.15, 0.2) is 0 Å². The number of methoxy groups -OCH3 is 2. The SMILES string of the molecule is COc1ccc(OC)c(NC(=O)CN2CCCCC2)c1. The minimum atomic E-state index is -0.0153. The molecule has 1 aromatic carbocycles. The smallest absolute Gasteiger partial charge is 0.238 e. The fraction of sp³-hybridized carbons (Fsp3) is 0.533. The monoisotopic (exact) mass is 278 g/mol. The molecular formula is C15H22N2O3. The molecule has 1 fully saturated rings. The van der Waals surface area contributed by atoms with Gasteiger partial charge in [-0.1, -0.05) is 6.42 Å². The summed E-state index contributed by atoms with van der Waals surface area (Å²) in [6, 6.07) is 5.36. The molecule has 5 nitrogen and oxygen atoms in total. The molecule has 5 heteroatoms. The van der Waals surface area contributed by atoms with E-state index in [2.05, 4.69) is 10.2 Å². The van der Waals surface area contributed by atoms with Crippen LogP contribution < -0.4 is 14.8 Å². The maximum absolute atomic E-state index is 12.1. The van der Waals surface area contributed by atoms with Crippen LogP contribution in [0.5, 0.6) is 11.5 Å². The third-order valence-corrected chi connectivity index (χ3v) is 3.50. The molecule has 0 spiro atoms. The number of anilines is 1. The van der Waals surface area contributed by atoms with Crippen molar-refractivity contribution >= 4 is 11.6 Å². The van der Waals surface area contributed by atoms with Crippen molar-refractivity contribution in [3.8, 4) is 11.5 Å². The summed E-state index contributed by atoms with van der Waals surface area (Å²) in [6.45, 7) is 2.44. The van der Waals surface area contributed by atoms with Crippen molar-refractivity contribution in [2.45, 2.75) is 19.3 Å². The van der Waals surface area contributed by atoms with E-state index in [1.165, 1.54) is 19.3 Å². The van der Waals surface area contributed by atoms with Gasteiger partial charge in [0.25, 0.3) is 0 Å². The lowest BCUT2D eigenvalue weighted by Crippen LogP contribution is -2.36. The molecule has 110 valence electrons. The van der Waals surface area contributed by atoms with Crippen LogP contribution in [-0.2, 0) is 4.79 Å². The van der Waals surface area contributed by atoms with Crippen LogP contribution in [0, 0.1) is 0 Å². The molecule has 20 heavy (non-hydrogen) atoms. The number of ether oxygens (including phenoxy) is 2. The number of carbonyl (C=O) groups excluding carboxylic acids is 1. The van der Waals surface area contributed by atoms with Crippen molar-refractivity contribution in [2.75, 3.05) is 39.2 Å². The van der Waals surface area contributed by atoms with Crippen LogP contribution >= 0.6 is 0 Å². The number of nitrogens with zero attached hydrogens (tertiary/aromatic N) is 1. The Kier molecular flexibility index (Phi) is 5.24. The fourth-order valence-electron chi connectivity index (χ4n) is 2.42. The number of hydrogen-bond acceptors (Lipinski definition) is 4. The topological polar surface area (TPSA) is 50.8 Å². The first kappa shape index (κ1) is 14.7. The number of likely N-dealkylation sites (tertiary alicyclic amines) is 1. The van der Waals surface area contributed by atoms with Gasteiger partial charge in [-0.25, -0.2) is 0 Å². The average Bonchev–Trinajstić information content (AvgIpc) is 2.48. The lowest BCUT2D eigenvalue weighted by molar-refractivity contribution is -0.117. The standard InChI is InChI=1S/C15H22N2O3/c1-19-12-6-7-14(20-2)13(10-12)16-15(18)11-17-8-4-3-5-9-17/h6-7,10H,3-5,8-9,11H2,1-2H3,(H,16,18). The van der Waals surface area contributed by atoms with Gasteiger partial charge in [-0.05, 0) is 38.1 Å². The van der Waals surface area contributed by atoms with Gasteiger partial charge in [0.2, 0.25) is 5.91 Å². The molecule has 0 radical (unpaired) electrons. The Morgan fingerprint density at radius 1 is 1.20 bits per heavy atom. The molecular weight excluding hydrogens is 256 g/mol. The Morgan fingerprint density at radius 2 is 1.95 bits per heavy atom. The molecule has 1 aliphatic rings. The van der Waals surface area contributed by atoms with Crippen LogP contribution in [0.15, 0.2) is 18.2 Å². The van der Waals surface area contributed by atoms with Crippen molar-refractivity contribution in [1.29, 1.82) is 0 Å². The zero-order valence-corrected chi connectivity index (χ0v) is 12.1. The van der Waals surface area contributed by atoms with E-state index in [1.807, 2.05) is 0 Å². The molecule has 0 aliphatic carbocycles. The zero-order chi connectivity index (χ0) is 14.4. The van der Waals surface area contributed by atoms with E-state index in [0.29, 0.717) is 23.7 Å². The van der Waals surface area contributed by atoms with Crippen molar-refractivity contribution < 1.29 is 14.3 Å². The normalized spacial score (nSPS) is 15.7. The van der Waals surface area contributed by atoms with Crippen LogP contribution in [0.1, 0.15) is 19.3 Å². The largest absolute Gasteiger partial charge is 0.497 e. The summed E-state index contributed by atoms with van der Waals surface area (Å²) in [5.41, 5.74) is 0.647. The van der Waals surface area contributed by atoms with Gasteiger partial charge in [0.1, 0.15) is 11.5 Å². The highest BCUT2D eigenvalue weighted by Gasteiger charge is 2.15. The highest BCUT2D eigenvalue weighted by atomic mass is 16.5. The van der Waals surface area contributed by atoms with E-state index < -0.39 is 0 Å².